The molecule has 3 heterocycles. The quantitative estimate of drug-likeness (QED) is 0.111. The molecule has 0 fully saturated rings. The number of aromatic nitrogens is 2. The van der Waals surface area contributed by atoms with Crippen LogP contribution < -0.4 is 14.9 Å². The second-order valence-corrected chi connectivity index (χ2v) is 13.6. The van der Waals surface area contributed by atoms with Gasteiger partial charge in [-0.1, -0.05) is 62.4 Å². The summed E-state index contributed by atoms with van der Waals surface area (Å²) in [6, 6.07) is 20.3. The molecule has 0 saturated heterocycles. The summed E-state index contributed by atoms with van der Waals surface area (Å²) in [5, 5.41) is 20.7. The lowest BCUT2D eigenvalue weighted by Gasteiger charge is -2.24. The Kier molecular flexibility index (Phi) is 11.3. The van der Waals surface area contributed by atoms with Crippen LogP contribution in [-0.4, -0.2) is 43.3 Å². The minimum absolute atomic E-state index is 0.252. The van der Waals surface area contributed by atoms with Gasteiger partial charge in [-0.05, 0) is 92.7 Å². The van der Waals surface area contributed by atoms with E-state index in [1.807, 2.05) is 49.4 Å². The predicted molar refractivity (Wildman–Crippen MR) is 178 cm³/mol. The normalized spacial score (nSPS) is 13.4. The molecule has 1 aliphatic rings. The monoisotopic (exact) mass is 631 g/mol. The van der Waals surface area contributed by atoms with E-state index in [1.165, 1.54) is 30.0 Å². The van der Waals surface area contributed by atoms with Crippen LogP contribution in [0.2, 0.25) is 0 Å². The maximum atomic E-state index is 14.3. The van der Waals surface area contributed by atoms with Gasteiger partial charge in [-0.3, -0.25) is 0 Å². The average Bonchev–Trinajstić information content (AvgIpc) is 3.70. The van der Waals surface area contributed by atoms with Crippen LogP contribution in [0.1, 0.15) is 79.8 Å². The van der Waals surface area contributed by atoms with Gasteiger partial charge in [-0.25, -0.2) is 17.7 Å². The highest BCUT2D eigenvalue weighted by atomic mass is 32.2. The minimum atomic E-state index is -3.96. The fourth-order valence-corrected chi connectivity index (χ4v) is 7.15. The van der Waals surface area contributed by atoms with E-state index in [4.69, 9.17) is 9.51 Å². The van der Waals surface area contributed by atoms with E-state index < -0.39 is 16.1 Å². The summed E-state index contributed by atoms with van der Waals surface area (Å²) in [6.45, 7) is 5.82. The Labute approximate surface area is 267 Å². The number of unbranched alkanes of at least 4 members (excludes halogenated alkanes) is 5. The van der Waals surface area contributed by atoms with Crippen molar-refractivity contribution in [1.29, 1.82) is 0 Å². The Morgan fingerprint density at radius 2 is 1.80 bits per heavy atom. The number of hydrogen-bond acceptors (Lipinski definition) is 8. The van der Waals surface area contributed by atoms with Crippen molar-refractivity contribution in [3.8, 4) is 0 Å². The summed E-state index contributed by atoms with van der Waals surface area (Å²) >= 11 is 0. The van der Waals surface area contributed by atoms with Crippen molar-refractivity contribution in [2.24, 2.45) is 0 Å². The second kappa shape index (κ2) is 15.5. The molecule has 1 aliphatic heterocycles. The fraction of sp³-hybridized carbons (Fsp3) is 0.429. The predicted octanol–water partition coefficient (Wildman–Crippen LogP) is 6.64. The zero-order valence-electron chi connectivity index (χ0n) is 26.3. The van der Waals surface area contributed by atoms with Crippen molar-refractivity contribution in [3.05, 3.63) is 95.0 Å². The molecular weight excluding hydrogens is 586 g/mol. The number of hydrogen-bond donors (Lipinski definition) is 3. The number of aliphatic hydroxyl groups is 1. The van der Waals surface area contributed by atoms with Crippen LogP contribution in [0.15, 0.2) is 76.1 Å². The number of sulfonamides is 1. The summed E-state index contributed by atoms with van der Waals surface area (Å²) in [4.78, 5) is 5.11. The van der Waals surface area contributed by atoms with Crippen LogP contribution >= 0.6 is 0 Å². The topological polar surface area (TPSA) is 121 Å². The number of rotatable bonds is 17. The number of benzene rings is 2. The summed E-state index contributed by atoms with van der Waals surface area (Å²) in [6.07, 6.45) is 8.67. The molecule has 4 aromatic rings. The summed E-state index contributed by atoms with van der Waals surface area (Å²) < 4.78 is 35.1. The van der Waals surface area contributed by atoms with Gasteiger partial charge in [0.1, 0.15) is 11.9 Å². The third-order valence-electron chi connectivity index (χ3n) is 8.18. The molecule has 0 aliphatic carbocycles. The van der Waals surface area contributed by atoms with Crippen molar-refractivity contribution in [2.75, 3.05) is 29.3 Å². The van der Waals surface area contributed by atoms with Crippen LogP contribution in [0, 0.1) is 6.92 Å². The van der Waals surface area contributed by atoms with Gasteiger partial charge < -0.3 is 20.3 Å². The fourth-order valence-electron chi connectivity index (χ4n) is 5.66. The summed E-state index contributed by atoms with van der Waals surface area (Å²) in [5.74, 6) is 0.832. The van der Waals surface area contributed by atoms with E-state index in [9.17, 15) is 13.5 Å². The SMILES string of the molecule is CCCCCCCCc1cccc(N(c2ccc(CCNCC(O)c3cc(C)no3)cc2)S(=O)(=O)c2ccc3c(c2)CCN3)n1. The molecule has 0 radical (unpaired) electrons. The molecule has 0 amide bonds. The van der Waals surface area contributed by atoms with Crippen LogP contribution in [-0.2, 0) is 29.3 Å². The van der Waals surface area contributed by atoms with Crippen molar-refractivity contribution < 1.29 is 18.0 Å². The number of anilines is 3. The zero-order chi connectivity index (χ0) is 31.6. The highest BCUT2D eigenvalue weighted by molar-refractivity contribution is 7.93. The van der Waals surface area contributed by atoms with E-state index in [1.54, 1.807) is 24.3 Å². The Morgan fingerprint density at radius 3 is 2.58 bits per heavy atom. The molecular formula is C35H45N5O4S. The number of nitrogens with zero attached hydrogens (tertiary/aromatic N) is 3. The first-order chi connectivity index (χ1) is 21.8. The lowest BCUT2D eigenvalue weighted by atomic mass is 10.1. The third kappa shape index (κ3) is 8.51. The number of nitrogens with one attached hydrogen (secondary N) is 2. The molecule has 2 aromatic heterocycles. The second-order valence-electron chi connectivity index (χ2n) is 11.8. The van der Waals surface area contributed by atoms with Crippen molar-refractivity contribution >= 4 is 27.2 Å². The molecule has 0 spiro atoms. The molecule has 0 bridgehead atoms. The molecule has 1 atom stereocenters. The summed E-state index contributed by atoms with van der Waals surface area (Å²) in [7, 11) is -3.96. The van der Waals surface area contributed by atoms with Gasteiger partial charge in [0.2, 0.25) is 0 Å². The number of fused-ring (bicyclic) bond motifs is 1. The van der Waals surface area contributed by atoms with E-state index in [2.05, 4.69) is 22.7 Å². The van der Waals surface area contributed by atoms with Crippen LogP contribution in [0.25, 0.3) is 0 Å². The smallest absolute Gasteiger partial charge is 0.269 e. The Morgan fingerprint density at radius 1 is 1.00 bits per heavy atom. The molecule has 3 N–H and O–H groups in total. The van der Waals surface area contributed by atoms with Gasteiger partial charge in [-0.15, -0.1) is 0 Å². The maximum Gasteiger partial charge on any atom is 0.269 e. The van der Waals surface area contributed by atoms with Gasteiger partial charge >= 0.3 is 0 Å². The Balaban J connectivity index is 1.32. The maximum absolute atomic E-state index is 14.3. The number of pyridine rings is 1. The third-order valence-corrected chi connectivity index (χ3v) is 9.91. The molecule has 45 heavy (non-hydrogen) atoms. The molecule has 5 rings (SSSR count). The van der Waals surface area contributed by atoms with Gasteiger partial charge in [0.15, 0.2) is 5.76 Å². The minimum Gasteiger partial charge on any atom is -0.384 e. The van der Waals surface area contributed by atoms with Gasteiger partial charge in [0.05, 0.1) is 16.3 Å². The first kappa shape index (κ1) is 32.7. The van der Waals surface area contributed by atoms with E-state index in [0.717, 1.165) is 60.4 Å². The molecule has 240 valence electrons. The first-order valence-electron chi connectivity index (χ1n) is 16.1. The standard InChI is InChI=1S/C35H45N5O4S/c1-3-4-5-6-7-8-10-29-11-9-12-35(38-29)40(45(42,43)31-17-18-32-28(24-31)20-22-37-32)30-15-13-27(14-16-30)19-21-36-25-33(41)34-23-26(2)39-44-34/h9,11-18,23-24,33,36-37,41H,3-8,10,19-22,25H2,1-2H3. The van der Waals surface area contributed by atoms with Crippen molar-refractivity contribution in [2.45, 2.75) is 82.6 Å². The lowest BCUT2D eigenvalue weighted by molar-refractivity contribution is 0.138. The average molecular weight is 632 g/mol. The molecule has 2 aromatic carbocycles. The van der Waals surface area contributed by atoms with E-state index in [0.29, 0.717) is 36.8 Å². The Bertz CT molecular complexity index is 1640. The van der Waals surface area contributed by atoms with Crippen LogP contribution in [0.3, 0.4) is 0 Å². The summed E-state index contributed by atoms with van der Waals surface area (Å²) in [5.41, 5.74) is 5.20. The highest BCUT2D eigenvalue weighted by Gasteiger charge is 2.29. The number of aliphatic hydroxyl groups excluding tert-OH is 1. The molecule has 0 saturated carbocycles. The first-order valence-corrected chi connectivity index (χ1v) is 17.6. The van der Waals surface area contributed by atoms with E-state index in [-0.39, 0.29) is 4.90 Å². The van der Waals surface area contributed by atoms with Gasteiger partial charge in [0, 0.05) is 30.5 Å². The zero-order valence-corrected chi connectivity index (χ0v) is 27.2. The number of aryl methyl sites for hydroxylation is 2. The van der Waals surface area contributed by atoms with Gasteiger partial charge in [0.25, 0.3) is 10.0 Å². The Hall–Kier alpha value is -3.73. The van der Waals surface area contributed by atoms with Crippen molar-refractivity contribution in [1.82, 2.24) is 15.5 Å². The van der Waals surface area contributed by atoms with Crippen LogP contribution in [0.4, 0.5) is 17.2 Å². The largest absolute Gasteiger partial charge is 0.384 e. The van der Waals surface area contributed by atoms with E-state index >= 15 is 0 Å². The lowest BCUT2D eigenvalue weighted by Crippen LogP contribution is -2.27. The molecule has 9 nitrogen and oxygen atoms in total. The van der Waals surface area contributed by atoms with Gasteiger partial charge in [-0.2, -0.15) is 0 Å². The van der Waals surface area contributed by atoms with Crippen LogP contribution in [0.5, 0.6) is 0 Å². The molecule has 1 unspecified atom stereocenters. The molecule has 10 heteroatoms. The highest BCUT2D eigenvalue weighted by Crippen LogP contribution is 2.34. The van der Waals surface area contributed by atoms with Crippen molar-refractivity contribution in [3.63, 3.8) is 0 Å².